The lowest BCUT2D eigenvalue weighted by atomic mass is 9.90. The number of aryl methyl sites for hydroxylation is 1. The second kappa shape index (κ2) is 8.31. The number of benzene rings is 1. The second-order valence-electron chi connectivity index (χ2n) is 6.58. The van der Waals surface area contributed by atoms with Gasteiger partial charge in [0.25, 0.3) is 0 Å². The summed E-state index contributed by atoms with van der Waals surface area (Å²) >= 11 is 0. The minimum atomic E-state index is 0.545. The number of hydrogen-bond acceptors (Lipinski definition) is 2. The number of ether oxygens (including phenoxy) is 1. The van der Waals surface area contributed by atoms with Crippen molar-refractivity contribution in [1.82, 2.24) is 5.32 Å². The Balaban J connectivity index is 2.79. The van der Waals surface area contributed by atoms with Gasteiger partial charge in [-0.3, -0.25) is 0 Å². The fourth-order valence-corrected chi connectivity index (χ4v) is 2.69. The van der Waals surface area contributed by atoms with Gasteiger partial charge in [-0.15, -0.1) is 0 Å². The number of methoxy groups -OCH3 is 1. The molecule has 0 aromatic heterocycles. The monoisotopic (exact) mass is 277 g/mol. The lowest BCUT2D eigenvalue weighted by Crippen LogP contribution is -2.30. The Morgan fingerprint density at radius 2 is 1.85 bits per heavy atom. The van der Waals surface area contributed by atoms with Crippen LogP contribution >= 0.6 is 0 Å². The second-order valence-corrected chi connectivity index (χ2v) is 6.58. The summed E-state index contributed by atoms with van der Waals surface area (Å²) in [7, 11) is 1.76. The lowest BCUT2D eigenvalue weighted by molar-refractivity contribution is 0.362. The van der Waals surface area contributed by atoms with Crippen LogP contribution in [0.5, 0.6) is 5.75 Å². The summed E-state index contributed by atoms with van der Waals surface area (Å²) in [5.41, 5.74) is 2.64. The first-order valence-corrected chi connectivity index (χ1v) is 7.79. The maximum Gasteiger partial charge on any atom is 0.122 e. The standard InChI is InChI=1S/C18H31NO/c1-13(2)9-16(12-19-14(3)4)11-17-10-15(5)7-8-18(17)20-6/h7-8,10,13-14,16,19H,9,11-12H2,1-6H3. The van der Waals surface area contributed by atoms with Gasteiger partial charge in [-0.2, -0.15) is 0 Å². The van der Waals surface area contributed by atoms with E-state index in [1.165, 1.54) is 17.5 Å². The van der Waals surface area contributed by atoms with Crippen LogP contribution in [-0.4, -0.2) is 19.7 Å². The molecule has 1 atom stereocenters. The summed E-state index contributed by atoms with van der Waals surface area (Å²) in [6.07, 6.45) is 2.33. The Kier molecular flexibility index (Phi) is 7.08. The highest BCUT2D eigenvalue weighted by molar-refractivity contribution is 5.37. The van der Waals surface area contributed by atoms with Gasteiger partial charge < -0.3 is 10.1 Å². The molecule has 1 N–H and O–H groups in total. The normalized spacial score (nSPS) is 13.0. The number of rotatable bonds is 8. The summed E-state index contributed by atoms with van der Waals surface area (Å²) in [4.78, 5) is 0. The van der Waals surface area contributed by atoms with Crippen molar-refractivity contribution < 1.29 is 4.74 Å². The summed E-state index contributed by atoms with van der Waals surface area (Å²) in [5.74, 6) is 2.41. The van der Waals surface area contributed by atoms with Crippen molar-refractivity contribution in [3.63, 3.8) is 0 Å². The molecule has 20 heavy (non-hydrogen) atoms. The first kappa shape index (κ1) is 17.0. The Bertz CT molecular complexity index is 398. The van der Waals surface area contributed by atoms with Gasteiger partial charge in [-0.1, -0.05) is 45.4 Å². The Labute approximate surface area is 124 Å². The van der Waals surface area contributed by atoms with E-state index in [4.69, 9.17) is 4.74 Å². The highest BCUT2D eigenvalue weighted by Gasteiger charge is 2.15. The SMILES string of the molecule is COc1ccc(C)cc1CC(CNC(C)C)CC(C)C. The summed E-state index contributed by atoms with van der Waals surface area (Å²) in [6, 6.07) is 7.02. The van der Waals surface area contributed by atoms with E-state index in [0.717, 1.165) is 24.6 Å². The highest BCUT2D eigenvalue weighted by Crippen LogP contribution is 2.25. The minimum absolute atomic E-state index is 0.545. The highest BCUT2D eigenvalue weighted by atomic mass is 16.5. The first-order chi connectivity index (χ1) is 9.42. The average molecular weight is 277 g/mol. The van der Waals surface area contributed by atoms with E-state index >= 15 is 0 Å². The molecule has 1 rings (SSSR count). The Morgan fingerprint density at radius 3 is 2.40 bits per heavy atom. The maximum absolute atomic E-state index is 5.51. The van der Waals surface area contributed by atoms with Crippen LogP contribution in [0.1, 0.15) is 45.2 Å². The predicted molar refractivity (Wildman–Crippen MR) is 87.5 cm³/mol. The van der Waals surface area contributed by atoms with Crippen LogP contribution in [0.15, 0.2) is 18.2 Å². The zero-order valence-electron chi connectivity index (χ0n) is 14.0. The summed E-state index contributed by atoms with van der Waals surface area (Å²) < 4.78 is 5.51. The summed E-state index contributed by atoms with van der Waals surface area (Å²) in [5, 5.41) is 3.58. The molecule has 2 heteroatoms. The molecule has 0 amide bonds. The number of hydrogen-bond donors (Lipinski definition) is 1. The molecular weight excluding hydrogens is 246 g/mol. The van der Waals surface area contributed by atoms with Gasteiger partial charge in [-0.25, -0.2) is 0 Å². The smallest absolute Gasteiger partial charge is 0.122 e. The van der Waals surface area contributed by atoms with E-state index < -0.39 is 0 Å². The molecule has 0 spiro atoms. The van der Waals surface area contributed by atoms with E-state index in [1.54, 1.807) is 7.11 Å². The van der Waals surface area contributed by atoms with Crippen molar-refractivity contribution in [3.8, 4) is 5.75 Å². The van der Waals surface area contributed by atoms with E-state index in [0.29, 0.717) is 12.0 Å². The molecule has 0 aliphatic carbocycles. The largest absolute Gasteiger partial charge is 0.496 e. The third kappa shape index (κ3) is 5.96. The molecule has 0 radical (unpaired) electrons. The predicted octanol–water partition coefficient (Wildman–Crippen LogP) is 4.21. The van der Waals surface area contributed by atoms with Gasteiger partial charge in [0, 0.05) is 6.04 Å². The molecule has 1 unspecified atom stereocenters. The van der Waals surface area contributed by atoms with Crippen molar-refractivity contribution in [2.75, 3.05) is 13.7 Å². The molecule has 2 nitrogen and oxygen atoms in total. The molecule has 0 saturated carbocycles. The van der Waals surface area contributed by atoms with Crippen molar-refractivity contribution in [2.24, 2.45) is 11.8 Å². The van der Waals surface area contributed by atoms with Crippen LogP contribution < -0.4 is 10.1 Å². The van der Waals surface area contributed by atoms with Crippen molar-refractivity contribution in [1.29, 1.82) is 0 Å². The van der Waals surface area contributed by atoms with Gasteiger partial charge in [0.05, 0.1) is 7.11 Å². The lowest BCUT2D eigenvalue weighted by Gasteiger charge is -2.22. The van der Waals surface area contributed by atoms with Gasteiger partial charge >= 0.3 is 0 Å². The Morgan fingerprint density at radius 1 is 1.15 bits per heavy atom. The molecular formula is C18H31NO. The van der Waals surface area contributed by atoms with Crippen molar-refractivity contribution in [2.45, 2.75) is 53.5 Å². The van der Waals surface area contributed by atoms with Crippen molar-refractivity contribution >= 4 is 0 Å². The van der Waals surface area contributed by atoms with Crippen molar-refractivity contribution in [3.05, 3.63) is 29.3 Å². The van der Waals surface area contributed by atoms with Crippen LogP contribution in [-0.2, 0) is 6.42 Å². The van der Waals surface area contributed by atoms with E-state index in [-0.39, 0.29) is 0 Å². The van der Waals surface area contributed by atoms with Gasteiger partial charge in [0.1, 0.15) is 5.75 Å². The molecule has 1 aromatic carbocycles. The zero-order chi connectivity index (χ0) is 15.1. The van der Waals surface area contributed by atoms with Crippen LogP contribution in [0.4, 0.5) is 0 Å². The van der Waals surface area contributed by atoms with E-state index in [1.807, 2.05) is 0 Å². The summed E-state index contributed by atoms with van der Waals surface area (Å²) in [6.45, 7) is 12.2. The van der Waals surface area contributed by atoms with Crippen LogP contribution in [0.2, 0.25) is 0 Å². The molecule has 0 aliphatic rings. The van der Waals surface area contributed by atoms with Crippen LogP contribution in [0.25, 0.3) is 0 Å². The molecule has 0 heterocycles. The topological polar surface area (TPSA) is 21.3 Å². The first-order valence-electron chi connectivity index (χ1n) is 7.79. The van der Waals surface area contributed by atoms with Crippen LogP contribution in [0, 0.1) is 18.8 Å². The van der Waals surface area contributed by atoms with Gasteiger partial charge in [0.2, 0.25) is 0 Å². The average Bonchev–Trinajstić information content (AvgIpc) is 2.35. The Hall–Kier alpha value is -1.02. The molecule has 0 aliphatic heterocycles. The van der Waals surface area contributed by atoms with Gasteiger partial charge in [0.15, 0.2) is 0 Å². The number of nitrogens with one attached hydrogen (secondary N) is 1. The van der Waals surface area contributed by atoms with E-state index in [2.05, 4.69) is 58.1 Å². The third-order valence-corrected chi connectivity index (χ3v) is 3.56. The molecule has 0 bridgehead atoms. The quantitative estimate of drug-likeness (QED) is 0.768. The zero-order valence-corrected chi connectivity index (χ0v) is 14.0. The fraction of sp³-hybridized carbons (Fsp3) is 0.667. The fourth-order valence-electron chi connectivity index (χ4n) is 2.69. The molecule has 0 fully saturated rings. The molecule has 0 saturated heterocycles. The minimum Gasteiger partial charge on any atom is -0.496 e. The third-order valence-electron chi connectivity index (χ3n) is 3.56. The maximum atomic E-state index is 5.51. The van der Waals surface area contributed by atoms with Crippen LogP contribution in [0.3, 0.4) is 0 Å². The molecule has 114 valence electrons. The van der Waals surface area contributed by atoms with Gasteiger partial charge in [-0.05, 0) is 49.8 Å². The van der Waals surface area contributed by atoms with E-state index in [9.17, 15) is 0 Å². The molecule has 1 aromatic rings.